The lowest BCUT2D eigenvalue weighted by Crippen LogP contribution is -2.40. The summed E-state index contributed by atoms with van der Waals surface area (Å²) in [5, 5.41) is 0. The largest absolute Gasteiger partial charge is 0.344 e. The predicted octanol–water partition coefficient (Wildman–Crippen LogP) is 2.43. The summed E-state index contributed by atoms with van der Waals surface area (Å²) in [6.45, 7) is 4.19. The summed E-state index contributed by atoms with van der Waals surface area (Å²) in [7, 11) is 1.72. The maximum Gasteiger partial charge on any atom is 0.241 e. The molecule has 0 unspecified atom stereocenters. The normalized spacial score (nSPS) is 10.3. The second-order valence-corrected chi connectivity index (χ2v) is 5.14. The van der Waals surface area contributed by atoms with Crippen LogP contribution in [0.4, 0.5) is 4.39 Å². The molecule has 0 atom stereocenters. The summed E-state index contributed by atoms with van der Waals surface area (Å²) in [4.78, 5) is 26.7. The van der Waals surface area contributed by atoms with Crippen molar-refractivity contribution < 1.29 is 14.0 Å². The van der Waals surface area contributed by atoms with Gasteiger partial charge in [0, 0.05) is 32.6 Å². The molecule has 0 saturated heterocycles. The van der Waals surface area contributed by atoms with Crippen molar-refractivity contribution in [2.24, 2.45) is 0 Å². The molecule has 0 aliphatic carbocycles. The molecule has 1 aromatic carbocycles. The molecule has 0 fully saturated rings. The molecule has 4 nitrogen and oxygen atoms in total. The molecule has 21 heavy (non-hydrogen) atoms. The van der Waals surface area contributed by atoms with E-state index in [1.807, 2.05) is 0 Å². The number of halogens is 1. The average Bonchev–Trinajstić information content (AvgIpc) is 2.45. The van der Waals surface area contributed by atoms with Crippen LogP contribution >= 0.6 is 0 Å². The van der Waals surface area contributed by atoms with Crippen molar-refractivity contribution in [3.05, 3.63) is 35.6 Å². The summed E-state index contributed by atoms with van der Waals surface area (Å²) in [6, 6.07) is 6.28. The molecule has 0 bridgehead atoms. The Balaban J connectivity index is 2.68. The van der Waals surface area contributed by atoms with Crippen molar-refractivity contribution in [1.82, 2.24) is 9.80 Å². The minimum absolute atomic E-state index is 0.0239. The summed E-state index contributed by atoms with van der Waals surface area (Å²) in [5.41, 5.74) is 0.414. The van der Waals surface area contributed by atoms with Gasteiger partial charge in [0.2, 0.25) is 11.8 Å². The van der Waals surface area contributed by atoms with Gasteiger partial charge >= 0.3 is 0 Å². The molecule has 0 aliphatic rings. The third-order valence-electron chi connectivity index (χ3n) is 3.36. The van der Waals surface area contributed by atoms with E-state index in [-0.39, 0.29) is 30.7 Å². The standard InChI is InChI=1S/C16H23FN2O2/c1-4-5-10-18(3)16(21)12-19(13(2)20)11-14-8-6-7-9-15(14)17/h6-9H,4-5,10-12H2,1-3H3. The Kier molecular flexibility index (Phi) is 6.85. The Bertz CT molecular complexity index is 491. The molecule has 0 heterocycles. The van der Waals surface area contributed by atoms with E-state index >= 15 is 0 Å². The quantitative estimate of drug-likeness (QED) is 0.775. The zero-order chi connectivity index (χ0) is 15.8. The number of hydrogen-bond acceptors (Lipinski definition) is 2. The molecular weight excluding hydrogens is 271 g/mol. The SMILES string of the molecule is CCCCN(C)C(=O)CN(Cc1ccccc1F)C(C)=O. The minimum Gasteiger partial charge on any atom is -0.344 e. The highest BCUT2D eigenvalue weighted by Gasteiger charge is 2.18. The van der Waals surface area contributed by atoms with E-state index in [9.17, 15) is 14.0 Å². The molecule has 2 amide bonds. The Morgan fingerprint density at radius 1 is 1.24 bits per heavy atom. The molecule has 0 aromatic heterocycles. The third kappa shape index (κ3) is 5.53. The van der Waals surface area contributed by atoms with Crippen LogP contribution in [0.2, 0.25) is 0 Å². The van der Waals surface area contributed by atoms with Gasteiger partial charge in [0.1, 0.15) is 12.4 Å². The second kappa shape index (κ2) is 8.39. The van der Waals surface area contributed by atoms with Crippen molar-refractivity contribution in [2.75, 3.05) is 20.1 Å². The molecule has 0 spiro atoms. The van der Waals surface area contributed by atoms with Gasteiger partial charge in [0.15, 0.2) is 0 Å². The van der Waals surface area contributed by atoms with Gasteiger partial charge in [0.25, 0.3) is 0 Å². The van der Waals surface area contributed by atoms with Crippen LogP contribution in [0.1, 0.15) is 32.3 Å². The van der Waals surface area contributed by atoms with E-state index in [4.69, 9.17) is 0 Å². The van der Waals surface area contributed by atoms with Crippen molar-refractivity contribution in [3.63, 3.8) is 0 Å². The fourth-order valence-corrected chi connectivity index (χ4v) is 1.91. The van der Waals surface area contributed by atoms with Crippen LogP contribution in [0.3, 0.4) is 0 Å². The summed E-state index contributed by atoms with van der Waals surface area (Å²) in [6.07, 6.45) is 1.93. The first-order valence-corrected chi connectivity index (χ1v) is 7.18. The first-order valence-electron chi connectivity index (χ1n) is 7.18. The molecule has 0 N–H and O–H groups in total. The van der Waals surface area contributed by atoms with Crippen molar-refractivity contribution >= 4 is 11.8 Å². The zero-order valence-corrected chi connectivity index (χ0v) is 12.9. The topological polar surface area (TPSA) is 40.6 Å². The van der Waals surface area contributed by atoms with Crippen molar-refractivity contribution in [3.8, 4) is 0 Å². The Hall–Kier alpha value is -1.91. The number of carbonyl (C=O) groups excluding carboxylic acids is 2. The van der Waals surface area contributed by atoms with Gasteiger partial charge in [-0.15, -0.1) is 0 Å². The van der Waals surface area contributed by atoms with Crippen LogP contribution in [0.5, 0.6) is 0 Å². The maximum absolute atomic E-state index is 13.6. The molecule has 116 valence electrons. The summed E-state index contributed by atoms with van der Waals surface area (Å²) < 4.78 is 13.6. The summed E-state index contributed by atoms with van der Waals surface area (Å²) >= 11 is 0. The average molecular weight is 294 g/mol. The van der Waals surface area contributed by atoms with E-state index in [1.165, 1.54) is 17.9 Å². The molecule has 1 aromatic rings. The van der Waals surface area contributed by atoms with Crippen LogP contribution in [0, 0.1) is 5.82 Å². The van der Waals surface area contributed by atoms with Gasteiger partial charge in [-0.05, 0) is 12.5 Å². The lowest BCUT2D eigenvalue weighted by molar-refractivity contribution is -0.139. The molecule has 0 radical (unpaired) electrons. The van der Waals surface area contributed by atoms with E-state index in [1.54, 1.807) is 30.1 Å². The lowest BCUT2D eigenvalue weighted by Gasteiger charge is -2.24. The number of nitrogens with zero attached hydrogens (tertiary/aromatic N) is 2. The fourth-order valence-electron chi connectivity index (χ4n) is 1.91. The number of benzene rings is 1. The monoisotopic (exact) mass is 294 g/mol. The Morgan fingerprint density at radius 3 is 2.48 bits per heavy atom. The molecular formula is C16H23FN2O2. The Labute approximate surface area is 125 Å². The summed E-state index contributed by atoms with van der Waals surface area (Å²) in [5.74, 6) is -0.735. The van der Waals surface area contributed by atoms with Crippen LogP contribution in [0.25, 0.3) is 0 Å². The van der Waals surface area contributed by atoms with Gasteiger partial charge in [-0.3, -0.25) is 9.59 Å². The van der Waals surface area contributed by atoms with E-state index < -0.39 is 0 Å². The molecule has 5 heteroatoms. The van der Waals surface area contributed by atoms with Crippen molar-refractivity contribution in [1.29, 1.82) is 0 Å². The zero-order valence-electron chi connectivity index (χ0n) is 12.9. The van der Waals surface area contributed by atoms with E-state index in [2.05, 4.69) is 6.92 Å². The number of amides is 2. The van der Waals surface area contributed by atoms with Crippen molar-refractivity contribution in [2.45, 2.75) is 33.2 Å². The number of unbranched alkanes of at least 4 members (excludes halogenated alkanes) is 1. The van der Waals surface area contributed by atoms with Gasteiger partial charge in [-0.2, -0.15) is 0 Å². The molecule has 0 saturated carbocycles. The van der Waals surface area contributed by atoms with E-state index in [0.717, 1.165) is 12.8 Å². The van der Waals surface area contributed by atoms with Crippen LogP contribution < -0.4 is 0 Å². The Morgan fingerprint density at radius 2 is 1.90 bits per heavy atom. The third-order valence-corrected chi connectivity index (χ3v) is 3.36. The highest BCUT2D eigenvalue weighted by molar-refractivity contribution is 5.83. The lowest BCUT2D eigenvalue weighted by atomic mass is 10.2. The van der Waals surface area contributed by atoms with Crippen LogP contribution in [-0.2, 0) is 16.1 Å². The second-order valence-electron chi connectivity index (χ2n) is 5.14. The number of rotatable bonds is 7. The van der Waals surface area contributed by atoms with Gasteiger partial charge in [-0.25, -0.2) is 4.39 Å². The maximum atomic E-state index is 13.6. The minimum atomic E-state index is -0.365. The van der Waals surface area contributed by atoms with Gasteiger partial charge in [-0.1, -0.05) is 31.5 Å². The number of hydrogen-bond donors (Lipinski definition) is 0. The molecule has 1 rings (SSSR count). The fraction of sp³-hybridized carbons (Fsp3) is 0.500. The van der Waals surface area contributed by atoms with Gasteiger partial charge < -0.3 is 9.80 Å². The van der Waals surface area contributed by atoms with E-state index in [0.29, 0.717) is 12.1 Å². The van der Waals surface area contributed by atoms with Crippen LogP contribution in [-0.4, -0.2) is 41.8 Å². The number of carbonyl (C=O) groups is 2. The van der Waals surface area contributed by atoms with Crippen LogP contribution in [0.15, 0.2) is 24.3 Å². The first kappa shape index (κ1) is 17.1. The highest BCUT2D eigenvalue weighted by Crippen LogP contribution is 2.10. The smallest absolute Gasteiger partial charge is 0.241 e. The predicted molar refractivity (Wildman–Crippen MR) is 80.0 cm³/mol. The first-order chi connectivity index (χ1) is 9.95. The van der Waals surface area contributed by atoms with Gasteiger partial charge in [0.05, 0.1) is 0 Å². The highest BCUT2D eigenvalue weighted by atomic mass is 19.1. The number of likely N-dealkylation sites (N-methyl/N-ethyl adjacent to an activating group) is 1. The molecule has 0 aliphatic heterocycles.